The molecule has 0 bridgehead atoms. The Labute approximate surface area is 136 Å². The van der Waals surface area contributed by atoms with Crippen molar-refractivity contribution in [2.75, 3.05) is 19.3 Å². The number of hydrogen-bond acceptors (Lipinski definition) is 5. The van der Waals surface area contributed by atoms with Crippen molar-refractivity contribution in [1.82, 2.24) is 14.6 Å². The second-order valence-corrected chi connectivity index (χ2v) is 8.09. The number of nitrogens with one attached hydrogen (secondary N) is 1. The molecule has 0 saturated carbocycles. The monoisotopic (exact) mass is 339 g/mol. The molecule has 0 spiro atoms. The molecule has 8 heteroatoms. The lowest BCUT2D eigenvalue weighted by Crippen LogP contribution is -2.45. The first-order chi connectivity index (χ1) is 10.9. The molecule has 3 atom stereocenters. The molecule has 126 valence electrons. The number of sulfonamides is 1. The molecule has 1 aromatic heterocycles. The van der Waals surface area contributed by atoms with Crippen LogP contribution in [-0.4, -0.2) is 55.2 Å². The van der Waals surface area contributed by atoms with Gasteiger partial charge in [0.25, 0.3) is 0 Å². The van der Waals surface area contributed by atoms with Gasteiger partial charge in [-0.15, -0.1) is 0 Å². The summed E-state index contributed by atoms with van der Waals surface area (Å²) in [6, 6.07) is 5.54. The third kappa shape index (κ3) is 3.88. The first-order valence-corrected chi connectivity index (χ1v) is 9.56. The zero-order chi connectivity index (χ0) is 16.4. The number of rotatable bonds is 4. The van der Waals surface area contributed by atoms with Crippen molar-refractivity contribution < 1.29 is 17.9 Å². The normalized spacial score (nSPS) is 28.3. The fourth-order valence-corrected chi connectivity index (χ4v) is 4.02. The Morgan fingerprint density at radius 1 is 1.48 bits per heavy atom. The predicted octanol–water partition coefficient (Wildman–Crippen LogP) is 0.137. The van der Waals surface area contributed by atoms with Crippen LogP contribution in [0.15, 0.2) is 24.4 Å². The van der Waals surface area contributed by atoms with Crippen molar-refractivity contribution in [3.63, 3.8) is 0 Å². The van der Waals surface area contributed by atoms with E-state index < -0.39 is 16.1 Å². The maximum Gasteiger partial charge on any atom is 0.249 e. The number of piperidine rings is 1. The third-order valence-corrected chi connectivity index (χ3v) is 5.72. The van der Waals surface area contributed by atoms with E-state index in [0.29, 0.717) is 26.1 Å². The van der Waals surface area contributed by atoms with Crippen LogP contribution in [0.1, 0.15) is 18.5 Å². The minimum absolute atomic E-state index is 0.157. The van der Waals surface area contributed by atoms with Gasteiger partial charge in [0.2, 0.25) is 15.9 Å². The second-order valence-electron chi connectivity index (χ2n) is 6.11. The second kappa shape index (κ2) is 6.54. The van der Waals surface area contributed by atoms with Crippen LogP contribution in [0.3, 0.4) is 0 Å². The van der Waals surface area contributed by atoms with Gasteiger partial charge in [0.1, 0.15) is 6.10 Å². The van der Waals surface area contributed by atoms with E-state index in [0.717, 1.165) is 12.1 Å². The van der Waals surface area contributed by atoms with Crippen LogP contribution >= 0.6 is 0 Å². The number of fused-ring (bicyclic) bond motifs is 1. The highest BCUT2D eigenvalue weighted by atomic mass is 32.2. The number of amides is 1. The van der Waals surface area contributed by atoms with Crippen LogP contribution in [0.4, 0.5) is 0 Å². The first-order valence-electron chi connectivity index (χ1n) is 7.71. The number of ether oxygens (including phenoxy) is 1. The highest BCUT2D eigenvalue weighted by molar-refractivity contribution is 7.88. The Kier molecular flexibility index (Phi) is 4.65. The summed E-state index contributed by atoms with van der Waals surface area (Å²) in [5.74, 6) is 0.0922. The fourth-order valence-electron chi connectivity index (χ4n) is 3.17. The molecule has 23 heavy (non-hydrogen) atoms. The summed E-state index contributed by atoms with van der Waals surface area (Å²) in [5, 5.41) is 2.83. The van der Waals surface area contributed by atoms with Gasteiger partial charge >= 0.3 is 0 Å². The average molecular weight is 339 g/mol. The highest BCUT2D eigenvalue weighted by Gasteiger charge is 2.43. The Balaban J connectivity index is 1.54. The number of nitrogens with zero attached hydrogens (tertiary/aromatic N) is 2. The van der Waals surface area contributed by atoms with Gasteiger partial charge in [-0.05, 0) is 30.9 Å². The molecule has 0 aromatic carbocycles. The van der Waals surface area contributed by atoms with Crippen LogP contribution in [0.5, 0.6) is 0 Å². The van der Waals surface area contributed by atoms with Crippen molar-refractivity contribution in [3.8, 4) is 0 Å². The lowest BCUT2D eigenvalue weighted by molar-refractivity contribution is -0.132. The van der Waals surface area contributed by atoms with Gasteiger partial charge in [0, 0.05) is 19.3 Å². The molecule has 2 aliphatic rings. The molecule has 3 rings (SSSR count). The van der Waals surface area contributed by atoms with Crippen LogP contribution in [0.25, 0.3) is 0 Å². The topological polar surface area (TPSA) is 88.6 Å². The van der Waals surface area contributed by atoms with Crippen molar-refractivity contribution in [1.29, 1.82) is 0 Å². The number of carbonyl (C=O) groups excluding carboxylic acids is 1. The molecule has 1 N–H and O–H groups in total. The van der Waals surface area contributed by atoms with Gasteiger partial charge in [0.05, 0.1) is 24.6 Å². The van der Waals surface area contributed by atoms with Gasteiger partial charge in [-0.25, -0.2) is 8.42 Å². The molecule has 0 aliphatic carbocycles. The van der Waals surface area contributed by atoms with E-state index in [1.165, 1.54) is 10.6 Å². The summed E-state index contributed by atoms with van der Waals surface area (Å²) >= 11 is 0. The van der Waals surface area contributed by atoms with Crippen molar-refractivity contribution in [2.45, 2.75) is 31.6 Å². The van der Waals surface area contributed by atoms with Crippen molar-refractivity contribution in [3.05, 3.63) is 30.1 Å². The molecule has 0 radical (unpaired) electrons. The summed E-state index contributed by atoms with van der Waals surface area (Å²) < 4.78 is 30.5. The van der Waals surface area contributed by atoms with Crippen LogP contribution in [0, 0.1) is 5.92 Å². The average Bonchev–Trinajstić information content (AvgIpc) is 2.96. The molecule has 1 amide bonds. The van der Waals surface area contributed by atoms with E-state index in [1.807, 2.05) is 18.2 Å². The molecule has 3 heterocycles. The first kappa shape index (κ1) is 16.4. The standard InChI is InChI=1S/C15H21N3O4S/c1-23(20,21)18-7-5-11-8-13(22-14(11)10-18)15(19)17-9-12-4-2-3-6-16-12/h2-4,6,11,13-14H,5,7-10H2,1H3,(H,17,19)/t11-,13+,14+/m0/s1. The molecule has 0 unspecified atom stereocenters. The predicted molar refractivity (Wildman–Crippen MR) is 83.9 cm³/mol. The van der Waals surface area contributed by atoms with Gasteiger partial charge < -0.3 is 10.1 Å². The van der Waals surface area contributed by atoms with Gasteiger partial charge in [-0.1, -0.05) is 6.07 Å². The third-order valence-electron chi connectivity index (χ3n) is 4.45. The number of carbonyl (C=O) groups is 1. The number of pyridine rings is 1. The lowest BCUT2D eigenvalue weighted by atomic mass is 9.93. The Bertz CT molecular complexity index is 665. The number of hydrogen-bond donors (Lipinski definition) is 1. The van der Waals surface area contributed by atoms with E-state index in [2.05, 4.69) is 10.3 Å². The molecule has 2 aliphatic heterocycles. The van der Waals surface area contributed by atoms with Gasteiger partial charge in [0.15, 0.2) is 0 Å². The molecular weight excluding hydrogens is 318 g/mol. The molecule has 2 fully saturated rings. The van der Waals surface area contributed by atoms with E-state index in [4.69, 9.17) is 4.74 Å². The maximum atomic E-state index is 12.2. The summed E-state index contributed by atoms with van der Waals surface area (Å²) in [5.41, 5.74) is 0.791. The SMILES string of the molecule is CS(=O)(=O)N1CC[C@H]2C[C@H](C(=O)NCc3ccccn3)O[C@@H]2C1. The minimum Gasteiger partial charge on any atom is -0.363 e. The summed E-state index contributed by atoms with van der Waals surface area (Å²) in [6.07, 6.45) is 3.58. The highest BCUT2D eigenvalue weighted by Crippen LogP contribution is 2.34. The van der Waals surface area contributed by atoms with E-state index in [9.17, 15) is 13.2 Å². The van der Waals surface area contributed by atoms with Gasteiger partial charge in [-0.3, -0.25) is 9.78 Å². The van der Waals surface area contributed by atoms with Crippen LogP contribution in [0.2, 0.25) is 0 Å². The Hall–Kier alpha value is -1.51. The molecule has 2 saturated heterocycles. The minimum atomic E-state index is -3.20. The summed E-state index contributed by atoms with van der Waals surface area (Å²) in [7, 11) is -3.20. The van der Waals surface area contributed by atoms with Crippen molar-refractivity contribution in [2.24, 2.45) is 5.92 Å². The molecular formula is C15H21N3O4S. The Morgan fingerprint density at radius 2 is 2.30 bits per heavy atom. The van der Waals surface area contributed by atoms with Crippen LogP contribution in [-0.2, 0) is 26.1 Å². The lowest BCUT2D eigenvalue weighted by Gasteiger charge is -2.32. The summed E-state index contributed by atoms with van der Waals surface area (Å²) in [6.45, 7) is 1.21. The van der Waals surface area contributed by atoms with E-state index in [1.54, 1.807) is 6.20 Å². The van der Waals surface area contributed by atoms with Gasteiger partial charge in [-0.2, -0.15) is 4.31 Å². The molecule has 7 nitrogen and oxygen atoms in total. The maximum absolute atomic E-state index is 12.2. The zero-order valence-corrected chi connectivity index (χ0v) is 13.8. The van der Waals surface area contributed by atoms with Crippen LogP contribution < -0.4 is 5.32 Å². The largest absolute Gasteiger partial charge is 0.363 e. The van der Waals surface area contributed by atoms with E-state index >= 15 is 0 Å². The quantitative estimate of drug-likeness (QED) is 0.843. The fraction of sp³-hybridized carbons (Fsp3) is 0.600. The molecule has 1 aromatic rings. The Morgan fingerprint density at radius 3 is 3.00 bits per heavy atom. The van der Waals surface area contributed by atoms with E-state index in [-0.39, 0.29) is 17.9 Å². The van der Waals surface area contributed by atoms with Crippen molar-refractivity contribution >= 4 is 15.9 Å². The summed E-state index contributed by atoms with van der Waals surface area (Å²) in [4.78, 5) is 16.4. The number of aromatic nitrogens is 1. The zero-order valence-electron chi connectivity index (χ0n) is 13.0. The smallest absolute Gasteiger partial charge is 0.249 e.